The van der Waals surface area contributed by atoms with Gasteiger partial charge in [-0.1, -0.05) is 42.5 Å². The first kappa shape index (κ1) is 26.3. The number of hydrogen-bond donors (Lipinski definition) is 3. The van der Waals surface area contributed by atoms with E-state index in [1.807, 2.05) is 36.1 Å². The molecule has 8 nitrogen and oxygen atoms in total. The van der Waals surface area contributed by atoms with Gasteiger partial charge in [0.15, 0.2) is 0 Å². The summed E-state index contributed by atoms with van der Waals surface area (Å²) in [5, 5.41) is 7.47. The van der Waals surface area contributed by atoms with Crippen LogP contribution in [-0.4, -0.2) is 56.3 Å². The molecule has 9 heteroatoms. The fourth-order valence-corrected chi connectivity index (χ4v) is 7.01. The quantitative estimate of drug-likeness (QED) is 0.446. The van der Waals surface area contributed by atoms with Crippen LogP contribution >= 0.6 is 0 Å². The molecule has 5 rings (SSSR count). The van der Waals surface area contributed by atoms with E-state index in [2.05, 4.69) is 22.3 Å². The van der Waals surface area contributed by atoms with E-state index >= 15 is 0 Å². The van der Waals surface area contributed by atoms with E-state index in [4.69, 9.17) is 0 Å². The van der Waals surface area contributed by atoms with Crippen LogP contribution in [0.5, 0.6) is 0 Å². The van der Waals surface area contributed by atoms with E-state index in [9.17, 15) is 18.0 Å². The van der Waals surface area contributed by atoms with E-state index < -0.39 is 10.0 Å². The molecule has 0 aliphatic carbocycles. The van der Waals surface area contributed by atoms with Gasteiger partial charge in [-0.2, -0.15) is 0 Å². The summed E-state index contributed by atoms with van der Waals surface area (Å²) in [6.07, 6.45) is 2.97. The van der Waals surface area contributed by atoms with Crippen molar-refractivity contribution in [1.29, 1.82) is 0 Å². The zero-order valence-corrected chi connectivity index (χ0v) is 22.6. The van der Waals surface area contributed by atoms with E-state index in [0.29, 0.717) is 54.0 Å². The molecule has 38 heavy (non-hydrogen) atoms. The smallest absolute Gasteiger partial charge is 0.255 e. The number of carbonyl (C=O) groups excluding carboxylic acids is 2. The number of anilines is 1. The highest BCUT2D eigenvalue weighted by Crippen LogP contribution is 2.30. The largest absolute Gasteiger partial charge is 0.341 e. The van der Waals surface area contributed by atoms with Crippen LogP contribution in [0.15, 0.2) is 65.6 Å². The molecule has 3 aromatic carbocycles. The minimum atomic E-state index is -3.83. The summed E-state index contributed by atoms with van der Waals surface area (Å²) in [5.74, 6) is -0.129. The molecule has 0 saturated carbocycles. The molecule has 0 bridgehead atoms. The van der Waals surface area contributed by atoms with Crippen molar-refractivity contribution in [3.05, 3.63) is 71.8 Å². The molecule has 2 atom stereocenters. The number of nitrogens with one attached hydrogen (secondary N) is 3. The monoisotopic (exact) mass is 534 g/mol. The predicted molar refractivity (Wildman–Crippen MR) is 149 cm³/mol. The van der Waals surface area contributed by atoms with Gasteiger partial charge in [-0.3, -0.25) is 9.59 Å². The van der Waals surface area contributed by atoms with Crippen molar-refractivity contribution >= 4 is 38.3 Å². The van der Waals surface area contributed by atoms with Gasteiger partial charge in [0.2, 0.25) is 15.9 Å². The number of piperidine rings is 1. The predicted octanol–water partition coefficient (Wildman–Crippen LogP) is 3.81. The maximum atomic E-state index is 13.5. The third-order valence-electron chi connectivity index (χ3n) is 7.61. The summed E-state index contributed by atoms with van der Waals surface area (Å²) in [6, 6.07) is 17.7. The molecular weight excluding hydrogens is 500 g/mol. The van der Waals surface area contributed by atoms with Crippen LogP contribution in [-0.2, 0) is 14.8 Å². The molecule has 3 aromatic rings. The van der Waals surface area contributed by atoms with E-state index in [0.717, 1.165) is 18.4 Å². The Bertz CT molecular complexity index is 1460. The van der Waals surface area contributed by atoms with Gasteiger partial charge in [-0.05, 0) is 63.3 Å². The Balaban J connectivity index is 1.30. The van der Waals surface area contributed by atoms with Gasteiger partial charge in [0.25, 0.3) is 5.91 Å². The molecule has 2 aliphatic heterocycles. The summed E-state index contributed by atoms with van der Waals surface area (Å²) < 4.78 is 29.8. The van der Waals surface area contributed by atoms with Crippen molar-refractivity contribution in [1.82, 2.24) is 14.9 Å². The van der Waals surface area contributed by atoms with Crippen LogP contribution in [0.4, 0.5) is 5.69 Å². The van der Waals surface area contributed by atoms with Gasteiger partial charge < -0.3 is 15.5 Å². The van der Waals surface area contributed by atoms with Crippen molar-refractivity contribution < 1.29 is 18.0 Å². The Morgan fingerprint density at radius 1 is 0.895 bits per heavy atom. The minimum Gasteiger partial charge on any atom is -0.341 e. The third kappa shape index (κ3) is 5.45. The molecule has 0 aromatic heterocycles. The van der Waals surface area contributed by atoms with Crippen molar-refractivity contribution in [2.24, 2.45) is 0 Å². The third-order valence-corrected chi connectivity index (χ3v) is 9.19. The second-order valence-electron chi connectivity index (χ2n) is 10.3. The fraction of sp³-hybridized carbons (Fsp3) is 0.379. The second kappa shape index (κ2) is 10.8. The molecule has 3 N–H and O–H groups in total. The lowest BCUT2D eigenvalue weighted by Gasteiger charge is -2.34. The number of hydrogen-bond acceptors (Lipinski definition) is 5. The first-order valence-corrected chi connectivity index (χ1v) is 14.7. The second-order valence-corrected chi connectivity index (χ2v) is 12.0. The summed E-state index contributed by atoms with van der Waals surface area (Å²) in [5.41, 5.74) is 1.98. The zero-order chi connectivity index (χ0) is 26.9. The topological polar surface area (TPSA) is 108 Å². The molecule has 200 valence electrons. The molecule has 2 saturated heterocycles. The van der Waals surface area contributed by atoms with E-state index in [1.165, 1.54) is 0 Å². The maximum Gasteiger partial charge on any atom is 0.255 e. The lowest BCUT2D eigenvalue weighted by atomic mass is 10.0. The number of nitrogens with zero attached hydrogens (tertiary/aromatic N) is 1. The number of sulfonamides is 1. The summed E-state index contributed by atoms with van der Waals surface area (Å²) in [4.78, 5) is 27.8. The number of aryl methyl sites for hydroxylation is 1. The van der Waals surface area contributed by atoms with Crippen LogP contribution < -0.4 is 15.4 Å². The minimum absolute atomic E-state index is 0.116. The molecule has 2 aliphatic rings. The van der Waals surface area contributed by atoms with Crippen LogP contribution in [0.25, 0.3) is 10.8 Å². The van der Waals surface area contributed by atoms with Crippen molar-refractivity contribution in [3.8, 4) is 0 Å². The highest BCUT2D eigenvalue weighted by molar-refractivity contribution is 7.89. The van der Waals surface area contributed by atoms with Gasteiger partial charge in [0.05, 0.1) is 10.9 Å². The SMILES string of the molecule is Cc1ccccc1C(=O)Nc1cccc2c(S(=O)(=O)NC3CCN(C(=O)[C@@H]4CCC(C)N4)CC3)cccc12. The van der Waals surface area contributed by atoms with Crippen LogP contribution in [0.2, 0.25) is 0 Å². The maximum absolute atomic E-state index is 13.5. The number of benzene rings is 3. The molecule has 0 radical (unpaired) electrons. The van der Waals surface area contributed by atoms with Gasteiger partial charge >= 0.3 is 0 Å². The molecule has 2 heterocycles. The normalized spacial score (nSPS) is 20.5. The first-order chi connectivity index (χ1) is 18.2. The number of likely N-dealkylation sites (tertiary alicyclic amines) is 1. The van der Waals surface area contributed by atoms with Crippen molar-refractivity contribution in [2.75, 3.05) is 18.4 Å². The van der Waals surface area contributed by atoms with Gasteiger partial charge in [-0.15, -0.1) is 0 Å². The fourth-order valence-electron chi connectivity index (χ4n) is 5.48. The number of fused-ring (bicyclic) bond motifs is 1. The molecule has 0 spiro atoms. The van der Waals surface area contributed by atoms with E-state index in [-0.39, 0.29) is 28.8 Å². The van der Waals surface area contributed by atoms with Crippen LogP contribution in [0.3, 0.4) is 0 Å². The molecule has 2 amide bonds. The molecule has 2 fully saturated rings. The molecular formula is C29H34N4O4S. The average Bonchev–Trinajstić information content (AvgIpc) is 3.34. The van der Waals surface area contributed by atoms with Crippen molar-refractivity contribution in [3.63, 3.8) is 0 Å². The highest BCUT2D eigenvalue weighted by Gasteiger charge is 2.33. The average molecular weight is 535 g/mol. The lowest BCUT2D eigenvalue weighted by molar-refractivity contribution is -0.134. The van der Waals surface area contributed by atoms with Gasteiger partial charge in [0, 0.05) is 47.2 Å². The Kier molecular flexibility index (Phi) is 7.52. The van der Waals surface area contributed by atoms with E-state index in [1.54, 1.807) is 36.4 Å². The van der Waals surface area contributed by atoms with Crippen LogP contribution in [0, 0.1) is 6.92 Å². The first-order valence-electron chi connectivity index (χ1n) is 13.2. The number of carbonyl (C=O) groups is 2. The Labute approximate surface area is 223 Å². The number of rotatable bonds is 6. The zero-order valence-electron chi connectivity index (χ0n) is 21.7. The molecule has 1 unspecified atom stereocenters. The summed E-state index contributed by atoms with van der Waals surface area (Å²) >= 11 is 0. The standard InChI is InChI=1S/C29H34N4O4S/c1-19-7-3-4-8-22(19)28(34)31-25-11-5-10-24-23(25)9-6-12-27(24)38(36,37)32-21-15-17-33(18-16-21)29(35)26-14-13-20(2)30-26/h3-12,20-21,26,30,32H,13-18H2,1-2H3,(H,31,34)/t20?,26-/m0/s1. The number of amides is 2. The lowest BCUT2D eigenvalue weighted by Crippen LogP contribution is -2.51. The van der Waals surface area contributed by atoms with Crippen LogP contribution in [0.1, 0.15) is 48.5 Å². The Morgan fingerprint density at radius 2 is 1.61 bits per heavy atom. The Hall–Kier alpha value is -3.27. The summed E-state index contributed by atoms with van der Waals surface area (Å²) in [7, 11) is -3.83. The van der Waals surface area contributed by atoms with Gasteiger partial charge in [-0.25, -0.2) is 13.1 Å². The summed E-state index contributed by atoms with van der Waals surface area (Å²) in [6.45, 7) is 5.02. The highest BCUT2D eigenvalue weighted by atomic mass is 32.2. The van der Waals surface area contributed by atoms with Gasteiger partial charge in [0.1, 0.15) is 0 Å². The van der Waals surface area contributed by atoms with Crippen molar-refractivity contribution in [2.45, 2.75) is 62.6 Å². The Morgan fingerprint density at radius 3 is 2.32 bits per heavy atom.